The third kappa shape index (κ3) is 7.14. The van der Waals surface area contributed by atoms with E-state index in [1.54, 1.807) is 18.4 Å². The van der Waals surface area contributed by atoms with E-state index in [1.165, 1.54) is 36.0 Å². The molecule has 0 bridgehead atoms. The maximum atomic E-state index is 6.43. The van der Waals surface area contributed by atoms with Crippen molar-refractivity contribution in [3.05, 3.63) is 103 Å². The predicted molar refractivity (Wildman–Crippen MR) is 170 cm³/mol. The highest BCUT2D eigenvalue weighted by molar-refractivity contribution is 7.22. The van der Waals surface area contributed by atoms with Gasteiger partial charge in [0.05, 0.1) is 7.11 Å². The average Bonchev–Trinajstić information content (AvgIpc) is 3.68. The highest BCUT2D eigenvalue weighted by Gasteiger charge is 2.18. The van der Waals surface area contributed by atoms with Crippen LogP contribution in [0.2, 0.25) is 0 Å². The zero-order valence-corrected chi connectivity index (χ0v) is 24.7. The highest BCUT2D eigenvalue weighted by Crippen LogP contribution is 2.45. The molecule has 0 amide bonds. The fourth-order valence-electron chi connectivity index (χ4n) is 4.97. The molecule has 5 aromatic rings. The van der Waals surface area contributed by atoms with E-state index in [0.717, 1.165) is 34.0 Å². The van der Waals surface area contributed by atoms with Crippen LogP contribution in [0.15, 0.2) is 97.1 Å². The van der Waals surface area contributed by atoms with Gasteiger partial charge in [-0.3, -0.25) is 4.90 Å². The number of hydrogen-bond acceptors (Lipinski definition) is 6. The van der Waals surface area contributed by atoms with E-state index in [1.807, 2.05) is 66.7 Å². The molecule has 0 radical (unpaired) electrons. The molecule has 7 heteroatoms. The number of thiophene rings is 1. The van der Waals surface area contributed by atoms with Crippen molar-refractivity contribution in [2.24, 2.45) is 0 Å². The van der Waals surface area contributed by atoms with E-state index in [-0.39, 0.29) is 12.4 Å². The second kappa shape index (κ2) is 13.8. The van der Waals surface area contributed by atoms with Crippen molar-refractivity contribution in [1.82, 2.24) is 4.90 Å². The zero-order chi connectivity index (χ0) is 27.1. The number of methoxy groups -OCH3 is 1. The van der Waals surface area contributed by atoms with Gasteiger partial charge < -0.3 is 18.9 Å². The molecule has 1 aliphatic heterocycles. The molecule has 1 aliphatic rings. The van der Waals surface area contributed by atoms with E-state index in [9.17, 15) is 0 Å². The molecule has 41 heavy (non-hydrogen) atoms. The summed E-state index contributed by atoms with van der Waals surface area (Å²) in [7, 11) is 1.69. The Balaban J connectivity index is 0.00000337. The molecule has 1 saturated heterocycles. The lowest BCUT2D eigenvalue weighted by atomic mass is 10.1. The van der Waals surface area contributed by atoms with E-state index in [2.05, 4.69) is 35.2 Å². The molecular weight excluding hydrogens is 554 g/mol. The van der Waals surface area contributed by atoms with Crippen LogP contribution < -0.4 is 18.9 Å². The topological polar surface area (TPSA) is 40.2 Å². The van der Waals surface area contributed by atoms with Gasteiger partial charge in [-0.05, 0) is 79.3 Å². The molecule has 2 heterocycles. The standard InChI is InChI=1S/C34H33NO4S.ClH/c1-36-30-23-31(38-24-25-9-3-2-4-10-25)32(22-29(30)34-21-26-11-5-6-12-33(26)40-34)39-28-15-13-27(14-16-28)37-20-19-35-17-7-8-18-35;/h2-6,9-16,21-23H,7-8,17-20,24H2,1H3;1H. The second-order valence-electron chi connectivity index (χ2n) is 9.89. The van der Waals surface area contributed by atoms with E-state index >= 15 is 0 Å². The highest BCUT2D eigenvalue weighted by atomic mass is 35.5. The van der Waals surface area contributed by atoms with Crippen LogP contribution in [0.3, 0.4) is 0 Å². The first-order valence-electron chi connectivity index (χ1n) is 13.8. The molecule has 212 valence electrons. The third-order valence-corrected chi connectivity index (χ3v) is 8.27. The number of ether oxygens (including phenoxy) is 4. The quantitative estimate of drug-likeness (QED) is 0.154. The van der Waals surface area contributed by atoms with Crippen LogP contribution in [0.5, 0.6) is 28.7 Å². The number of likely N-dealkylation sites (tertiary alicyclic amines) is 1. The van der Waals surface area contributed by atoms with E-state index in [0.29, 0.717) is 30.5 Å². The number of fused-ring (bicyclic) bond motifs is 1. The van der Waals surface area contributed by atoms with Gasteiger partial charge in [0.2, 0.25) is 0 Å². The largest absolute Gasteiger partial charge is 0.496 e. The summed E-state index contributed by atoms with van der Waals surface area (Å²) in [4.78, 5) is 3.56. The van der Waals surface area contributed by atoms with Gasteiger partial charge in [0.25, 0.3) is 0 Å². The van der Waals surface area contributed by atoms with Gasteiger partial charge in [-0.15, -0.1) is 23.7 Å². The van der Waals surface area contributed by atoms with Crippen LogP contribution in [0, 0.1) is 0 Å². The minimum absolute atomic E-state index is 0. The molecule has 6 rings (SSSR count). The summed E-state index contributed by atoms with van der Waals surface area (Å²) < 4.78 is 25.8. The smallest absolute Gasteiger partial charge is 0.170 e. The Morgan fingerprint density at radius 2 is 1.46 bits per heavy atom. The van der Waals surface area contributed by atoms with Crippen LogP contribution >= 0.6 is 23.7 Å². The van der Waals surface area contributed by atoms with Crippen molar-refractivity contribution in [2.45, 2.75) is 19.4 Å². The van der Waals surface area contributed by atoms with Gasteiger partial charge in [-0.1, -0.05) is 48.5 Å². The minimum Gasteiger partial charge on any atom is -0.496 e. The molecule has 0 N–H and O–H groups in total. The number of rotatable bonds is 11. The Kier molecular flexibility index (Phi) is 9.67. The van der Waals surface area contributed by atoms with Crippen molar-refractivity contribution in [3.63, 3.8) is 0 Å². The van der Waals surface area contributed by atoms with Crippen LogP contribution in [0.1, 0.15) is 18.4 Å². The van der Waals surface area contributed by atoms with Gasteiger partial charge in [0.15, 0.2) is 11.5 Å². The van der Waals surface area contributed by atoms with Gasteiger partial charge in [0.1, 0.15) is 30.5 Å². The van der Waals surface area contributed by atoms with Gasteiger partial charge in [0, 0.05) is 27.8 Å². The lowest BCUT2D eigenvalue weighted by Gasteiger charge is -2.17. The van der Waals surface area contributed by atoms with Crippen molar-refractivity contribution in [2.75, 3.05) is 33.4 Å². The molecule has 0 unspecified atom stereocenters. The molecule has 4 aromatic carbocycles. The summed E-state index contributed by atoms with van der Waals surface area (Å²) in [6.45, 7) is 4.43. The zero-order valence-electron chi connectivity index (χ0n) is 23.1. The maximum absolute atomic E-state index is 6.43. The number of halogens is 1. The van der Waals surface area contributed by atoms with Crippen LogP contribution in [0.25, 0.3) is 20.5 Å². The summed E-state index contributed by atoms with van der Waals surface area (Å²) >= 11 is 1.73. The molecular formula is C34H34ClNO4S. The fraction of sp³-hybridized carbons (Fsp3) is 0.235. The van der Waals surface area contributed by atoms with Crippen molar-refractivity contribution < 1.29 is 18.9 Å². The Morgan fingerprint density at radius 3 is 2.22 bits per heavy atom. The van der Waals surface area contributed by atoms with Crippen molar-refractivity contribution in [3.8, 4) is 39.2 Å². The Labute approximate surface area is 251 Å². The Morgan fingerprint density at radius 1 is 0.732 bits per heavy atom. The molecule has 1 aromatic heterocycles. The summed E-state index contributed by atoms with van der Waals surface area (Å²) in [6, 6.07) is 32.4. The molecule has 1 fully saturated rings. The fourth-order valence-corrected chi connectivity index (χ4v) is 6.06. The summed E-state index contributed by atoms with van der Waals surface area (Å²) in [5, 5.41) is 1.21. The SMILES string of the molecule is COc1cc(OCc2ccccc2)c(Oc2ccc(OCCN3CCCC3)cc2)cc1-c1cc2ccccc2s1.Cl. The Hall–Kier alpha value is -3.71. The number of benzene rings is 4. The summed E-state index contributed by atoms with van der Waals surface area (Å²) in [5.74, 6) is 3.55. The molecule has 0 saturated carbocycles. The Bertz CT molecular complexity index is 1520. The van der Waals surface area contributed by atoms with Gasteiger partial charge >= 0.3 is 0 Å². The number of hydrogen-bond donors (Lipinski definition) is 0. The summed E-state index contributed by atoms with van der Waals surface area (Å²) in [5.41, 5.74) is 2.05. The van der Waals surface area contributed by atoms with Crippen molar-refractivity contribution >= 4 is 33.8 Å². The first-order valence-corrected chi connectivity index (χ1v) is 14.6. The summed E-state index contributed by atoms with van der Waals surface area (Å²) in [6.07, 6.45) is 2.58. The lowest BCUT2D eigenvalue weighted by Crippen LogP contribution is -2.25. The monoisotopic (exact) mass is 587 g/mol. The first kappa shape index (κ1) is 28.8. The maximum Gasteiger partial charge on any atom is 0.170 e. The number of nitrogens with zero attached hydrogens (tertiary/aromatic N) is 1. The first-order chi connectivity index (χ1) is 19.7. The van der Waals surface area contributed by atoms with E-state index < -0.39 is 0 Å². The van der Waals surface area contributed by atoms with Gasteiger partial charge in [-0.2, -0.15) is 0 Å². The average molecular weight is 588 g/mol. The predicted octanol–water partition coefficient (Wildman–Crippen LogP) is 8.84. The lowest BCUT2D eigenvalue weighted by molar-refractivity contribution is 0.237. The van der Waals surface area contributed by atoms with Crippen LogP contribution in [-0.4, -0.2) is 38.3 Å². The third-order valence-electron chi connectivity index (χ3n) is 7.12. The molecule has 5 nitrogen and oxygen atoms in total. The van der Waals surface area contributed by atoms with Crippen LogP contribution in [0.4, 0.5) is 0 Å². The van der Waals surface area contributed by atoms with E-state index in [4.69, 9.17) is 18.9 Å². The second-order valence-corrected chi connectivity index (χ2v) is 11.0. The van der Waals surface area contributed by atoms with Crippen molar-refractivity contribution in [1.29, 1.82) is 0 Å². The molecule has 0 spiro atoms. The molecule has 0 aliphatic carbocycles. The van der Waals surface area contributed by atoms with Gasteiger partial charge in [-0.25, -0.2) is 0 Å². The van der Waals surface area contributed by atoms with Crippen LogP contribution in [-0.2, 0) is 6.61 Å². The minimum atomic E-state index is 0. The normalized spacial score (nSPS) is 13.1. The molecule has 0 atom stereocenters.